The van der Waals surface area contributed by atoms with E-state index in [-0.39, 0.29) is 16.7 Å². The maximum atomic E-state index is 12.9. The number of aliphatic hydroxyl groups excluding tert-OH is 1. The summed E-state index contributed by atoms with van der Waals surface area (Å²) < 4.78 is 22.4. The van der Waals surface area contributed by atoms with Gasteiger partial charge in [-0.3, -0.25) is 0 Å². The summed E-state index contributed by atoms with van der Waals surface area (Å²) in [6, 6.07) is 24.6. The van der Waals surface area contributed by atoms with Gasteiger partial charge in [0, 0.05) is 0 Å². The summed E-state index contributed by atoms with van der Waals surface area (Å²) in [6.45, 7) is 1.56. The third-order valence-corrected chi connectivity index (χ3v) is 5.50. The number of hydrogen-bond acceptors (Lipinski definition) is 8. The minimum atomic E-state index is -1.63. The van der Waals surface area contributed by atoms with Gasteiger partial charge in [-0.15, -0.1) is 0 Å². The van der Waals surface area contributed by atoms with Crippen LogP contribution in [-0.4, -0.2) is 53.7 Å². The van der Waals surface area contributed by atoms with E-state index in [0.717, 1.165) is 0 Å². The molecule has 0 amide bonds. The normalized spacial score (nSPS) is 23.7. The Morgan fingerprint density at radius 3 is 1.34 bits per heavy atom. The molecule has 0 unspecified atom stereocenters. The predicted molar refractivity (Wildman–Crippen MR) is 123 cm³/mol. The molecule has 0 radical (unpaired) electrons. The van der Waals surface area contributed by atoms with Crippen LogP contribution in [0, 0.1) is 0 Å². The highest BCUT2D eigenvalue weighted by molar-refractivity contribution is 5.91. The molecule has 1 N–H and O–H groups in total. The first-order valence-electron chi connectivity index (χ1n) is 11.1. The summed E-state index contributed by atoms with van der Waals surface area (Å²) in [5, 5.41) is 10.6. The lowest BCUT2D eigenvalue weighted by atomic mass is 9.98. The van der Waals surface area contributed by atoms with Crippen molar-refractivity contribution in [1.29, 1.82) is 0 Å². The number of carbonyl (C=O) groups excluding carboxylic acids is 3. The van der Waals surface area contributed by atoms with Gasteiger partial charge in [0.1, 0.15) is 0 Å². The van der Waals surface area contributed by atoms with E-state index in [9.17, 15) is 19.5 Å². The summed E-state index contributed by atoms with van der Waals surface area (Å²) in [5.41, 5.74) is 0.739. The van der Waals surface area contributed by atoms with E-state index < -0.39 is 48.6 Å². The molecule has 1 aliphatic heterocycles. The van der Waals surface area contributed by atoms with Gasteiger partial charge in [-0.1, -0.05) is 54.6 Å². The second-order valence-electron chi connectivity index (χ2n) is 7.94. The zero-order chi connectivity index (χ0) is 24.8. The summed E-state index contributed by atoms with van der Waals surface area (Å²) in [5.74, 6) is -2.18. The van der Waals surface area contributed by atoms with Gasteiger partial charge >= 0.3 is 17.9 Å². The van der Waals surface area contributed by atoms with Crippen LogP contribution in [0.25, 0.3) is 0 Å². The monoisotopic (exact) mass is 476 g/mol. The van der Waals surface area contributed by atoms with Gasteiger partial charge in [0.15, 0.2) is 24.6 Å². The van der Waals surface area contributed by atoms with E-state index in [4.69, 9.17) is 18.9 Å². The van der Waals surface area contributed by atoms with Crippen molar-refractivity contribution in [2.24, 2.45) is 0 Å². The molecule has 1 aliphatic rings. The first kappa shape index (κ1) is 24.1. The molecule has 8 heteroatoms. The van der Waals surface area contributed by atoms with Crippen LogP contribution in [0.5, 0.6) is 0 Å². The van der Waals surface area contributed by atoms with Crippen LogP contribution >= 0.6 is 0 Å². The van der Waals surface area contributed by atoms with Gasteiger partial charge in [0.2, 0.25) is 0 Å². The molecule has 3 aromatic carbocycles. The molecule has 0 bridgehead atoms. The Hall–Kier alpha value is -4.01. The number of ether oxygens (including phenoxy) is 4. The molecule has 180 valence electrons. The molecule has 5 atom stereocenters. The van der Waals surface area contributed by atoms with Crippen molar-refractivity contribution in [2.75, 3.05) is 0 Å². The van der Waals surface area contributed by atoms with Crippen LogP contribution in [0.2, 0.25) is 0 Å². The average molecular weight is 476 g/mol. The van der Waals surface area contributed by atoms with E-state index in [2.05, 4.69) is 0 Å². The minimum Gasteiger partial charge on any atom is -0.452 e. The van der Waals surface area contributed by atoms with Crippen molar-refractivity contribution in [1.82, 2.24) is 0 Å². The second kappa shape index (κ2) is 10.9. The topological polar surface area (TPSA) is 108 Å². The zero-order valence-electron chi connectivity index (χ0n) is 18.9. The highest BCUT2D eigenvalue weighted by Crippen LogP contribution is 2.29. The van der Waals surface area contributed by atoms with Crippen LogP contribution in [0.4, 0.5) is 0 Å². The van der Waals surface area contributed by atoms with Crippen LogP contribution in [0.1, 0.15) is 38.0 Å². The molecule has 35 heavy (non-hydrogen) atoms. The lowest BCUT2D eigenvalue weighted by Gasteiger charge is -2.42. The quantitative estimate of drug-likeness (QED) is 0.426. The third kappa shape index (κ3) is 5.74. The fourth-order valence-corrected chi connectivity index (χ4v) is 3.71. The first-order valence-corrected chi connectivity index (χ1v) is 11.1. The number of esters is 3. The van der Waals surface area contributed by atoms with Crippen LogP contribution in [0.15, 0.2) is 91.0 Å². The Kier molecular flexibility index (Phi) is 7.54. The summed E-state index contributed by atoms with van der Waals surface area (Å²) >= 11 is 0. The van der Waals surface area contributed by atoms with E-state index in [1.165, 1.54) is 0 Å². The maximum absolute atomic E-state index is 12.9. The fraction of sp³-hybridized carbons (Fsp3) is 0.222. The van der Waals surface area contributed by atoms with Gasteiger partial charge in [-0.2, -0.15) is 0 Å². The molecule has 0 aromatic heterocycles. The number of rotatable bonds is 6. The van der Waals surface area contributed by atoms with Crippen molar-refractivity contribution in [3.63, 3.8) is 0 Å². The molecule has 1 heterocycles. The van der Waals surface area contributed by atoms with Crippen molar-refractivity contribution >= 4 is 17.9 Å². The van der Waals surface area contributed by atoms with Crippen LogP contribution in [-0.2, 0) is 18.9 Å². The van der Waals surface area contributed by atoms with Crippen molar-refractivity contribution in [2.45, 2.75) is 37.6 Å². The molecule has 8 nitrogen and oxygen atoms in total. The smallest absolute Gasteiger partial charge is 0.338 e. The number of hydrogen-bond donors (Lipinski definition) is 1. The predicted octanol–water partition coefficient (Wildman–Crippen LogP) is 3.40. The Balaban J connectivity index is 1.63. The van der Waals surface area contributed by atoms with Crippen molar-refractivity contribution in [3.8, 4) is 0 Å². The number of benzene rings is 3. The standard InChI is InChI=1S/C27H24O8/c1-17-21(33-24(28)18-11-5-2-6-12-18)22(34-25(29)19-13-7-3-8-14-19)23(27(31)32-17)35-26(30)20-15-9-4-10-16-20/h2-17,21-23,27,31H,1H3/t17-,21-,22+,23-,27+/m0/s1. The minimum absolute atomic E-state index is 0.226. The van der Waals surface area contributed by atoms with E-state index in [1.807, 2.05) is 0 Å². The summed E-state index contributed by atoms with van der Waals surface area (Å²) in [4.78, 5) is 38.5. The molecule has 4 rings (SSSR count). The summed E-state index contributed by atoms with van der Waals surface area (Å²) in [7, 11) is 0. The molecule has 1 saturated heterocycles. The molecule has 0 saturated carbocycles. The van der Waals surface area contributed by atoms with Gasteiger partial charge in [-0.25, -0.2) is 14.4 Å². The van der Waals surface area contributed by atoms with Gasteiger partial charge in [-0.05, 0) is 43.3 Å². The summed E-state index contributed by atoms with van der Waals surface area (Å²) in [6.07, 6.45) is -6.48. The lowest BCUT2D eigenvalue weighted by Crippen LogP contribution is -2.60. The highest BCUT2D eigenvalue weighted by atomic mass is 16.7. The molecular weight excluding hydrogens is 452 g/mol. The fourth-order valence-electron chi connectivity index (χ4n) is 3.71. The van der Waals surface area contributed by atoms with Crippen molar-refractivity contribution in [3.05, 3.63) is 108 Å². The molecule has 0 spiro atoms. The Morgan fingerprint density at radius 2 is 0.943 bits per heavy atom. The van der Waals surface area contributed by atoms with E-state index >= 15 is 0 Å². The molecule has 0 aliphatic carbocycles. The largest absolute Gasteiger partial charge is 0.452 e. The lowest BCUT2D eigenvalue weighted by molar-refractivity contribution is -0.275. The second-order valence-corrected chi connectivity index (χ2v) is 7.94. The van der Waals surface area contributed by atoms with Crippen molar-refractivity contribution < 1.29 is 38.4 Å². The molecular formula is C27H24O8. The number of carbonyl (C=O) groups is 3. The Labute approximate surface area is 202 Å². The Bertz CT molecular complexity index is 1080. The average Bonchev–Trinajstić information content (AvgIpc) is 2.89. The van der Waals surface area contributed by atoms with Gasteiger partial charge in [0.05, 0.1) is 22.8 Å². The molecule has 1 fully saturated rings. The SMILES string of the molecule is C[C@@H]1O[C@@H](O)[C@@H](OC(=O)c2ccccc2)[C@H](OC(=O)c2ccccc2)[C@H]1OC(=O)c1ccccc1. The Morgan fingerprint density at radius 1 is 0.600 bits per heavy atom. The van der Waals surface area contributed by atoms with Crippen LogP contribution < -0.4 is 0 Å². The van der Waals surface area contributed by atoms with Gasteiger partial charge in [0.25, 0.3) is 0 Å². The van der Waals surface area contributed by atoms with E-state index in [0.29, 0.717) is 0 Å². The third-order valence-electron chi connectivity index (χ3n) is 5.50. The maximum Gasteiger partial charge on any atom is 0.338 e. The first-order chi connectivity index (χ1) is 16.9. The highest BCUT2D eigenvalue weighted by Gasteiger charge is 2.50. The van der Waals surface area contributed by atoms with Gasteiger partial charge < -0.3 is 24.1 Å². The zero-order valence-corrected chi connectivity index (χ0v) is 18.9. The van der Waals surface area contributed by atoms with Crippen LogP contribution in [0.3, 0.4) is 0 Å². The number of aliphatic hydroxyl groups is 1. The molecule has 3 aromatic rings. The van der Waals surface area contributed by atoms with E-state index in [1.54, 1.807) is 97.9 Å².